The number of nitrogens with one attached hydrogen (secondary N) is 2. The number of benzene rings is 2. The lowest BCUT2D eigenvalue weighted by atomic mass is 9.73. The summed E-state index contributed by atoms with van der Waals surface area (Å²) in [6, 6.07) is 17.6. The van der Waals surface area contributed by atoms with E-state index in [9.17, 15) is 9.59 Å². The summed E-state index contributed by atoms with van der Waals surface area (Å²) in [7, 11) is 0. The van der Waals surface area contributed by atoms with E-state index in [-0.39, 0.29) is 11.8 Å². The van der Waals surface area contributed by atoms with E-state index in [1.807, 2.05) is 81.6 Å². The number of H-pyrrole nitrogens is 1. The number of ketones is 1. The Morgan fingerprint density at radius 2 is 1.87 bits per heavy atom. The molecule has 1 aromatic heterocycles. The Kier molecular flexibility index (Phi) is 5.24. The lowest BCUT2D eigenvalue weighted by molar-refractivity contribution is -0.164. The molecule has 1 saturated heterocycles. The SMILES string of the molecule is CC(C)(C)C(=O)OC1NCCC1(Cc1ccccc1)C(=O)c1ccc2[nH]ccc2c1. The van der Waals surface area contributed by atoms with Crippen molar-refractivity contribution in [2.75, 3.05) is 6.54 Å². The molecule has 5 heteroatoms. The van der Waals surface area contributed by atoms with E-state index in [2.05, 4.69) is 10.3 Å². The highest BCUT2D eigenvalue weighted by Crippen LogP contribution is 2.40. The summed E-state index contributed by atoms with van der Waals surface area (Å²) in [5.74, 6) is -0.306. The minimum atomic E-state index is -0.855. The molecule has 3 aromatic rings. The van der Waals surface area contributed by atoms with Crippen LogP contribution in [0.3, 0.4) is 0 Å². The molecule has 0 spiro atoms. The minimum Gasteiger partial charge on any atom is -0.445 e. The number of esters is 1. The molecule has 0 aliphatic carbocycles. The van der Waals surface area contributed by atoms with Crippen molar-refractivity contribution in [3.05, 3.63) is 71.9 Å². The molecule has 2 heterocycles. The van der Waals surface area contributed by atoms with Crippen LogP contribution in [0.15, 0.2) is 60.8 Å². The van der Waals surface area contributed by atoms with Crippen molar-refractivity contribution in [1.29, 1.82) is 0 Å². The third-order valence-electron chi connectivity index (χ3n) is 5.87. The molecule has 1 aliphatic rings. The second-order valence-corrected chi connectivity index (χ2v) is 9.17. The number of aromatic amines is 1. The summed E-state index contributed by atoms with van der Waals surface area (Å²) in [5.41, 5.74) is 1.18. The molecule has 30 heavy (non-hydrogen) atoms. The molecule has 0 saturated carbocycles. The van der Waals surface area contributed by atoms with Crippen LogP contribution in [-0.4, -0.2) is 29.5 Å². The van der Waals surface area contributed by atoms with Gasteiger partial charge in [0.25, 0.3) is 0 Å². The van der Waals surface area contributed by atoms with Gasteiger partial charge in [-0.15, -0.1) is 0 Å². The molecule has 2 unspecified atom stereocenters. The number of ether oxygens (including phenoxy) is 1. The number of rotatable bonds is 5. The zero-order valence-corrected chi connectivity index (χ0v) is 17.7. The van der Waals surface area contributed by atoms with Crippen molar-refractivity contribution in [1.82, 2.24) is 10.3 Å². The molecule has 2 atom stereocenters. The second-order valence-electron chi connectivity index (χ2n) is 9.17. The van der Waals surface area contributed by atoms with Gasteiger partial charge in [-0.1, -0.05) is 30.3 Å². The van der Waals surface area contributed by atoms with Crippen LogP contribution >= 0.6 is 0 Å². The van der Waals surface area contributed by atoms with Gasteiger partial charge < -0.3 is 9.72 Å². The van der Waals surface area contributed by atoms with E-state index < -0.39 is 17.1 Å². The number of hydrogen-bond acceptors (Lipinski definition) is 4. The van der Waals surface area contributed by atoms with Crippen molar-refractivity contribution < 1.29 is 14.3 Å². The van der Waals surface area contributed by atoms with E-state index in [0.717, 1.165) is 16.5 Å². The van der Waals surface area contributed by atoms with Crippen LogP contribution < -0.4 is 5.32 Å². The first-order valence-electron chi connectivity index (χ1n) is 10.4. The number of hydrogen-bond donors (Lipinski definition) is 2. The smallest absolute Gasteiger partial charge is 0.312 e. The lowest BCUT2D eigenvalue weighted by Gasteiger charge is -2.34. The number of carbonyl (C=O) groups excluding carboxylic acids is 2. The molecule has 0 bridgehead atoms. The van der Waals surface area contributed by atoms with Crippen LogP contribution in [0.5, 0.6) is 0 Å². The highest BCUT2D eigenvalue weighted by molar-refractivity contribution is 6.04. The van der Waals surface area contributed by atoms with Crippen LogP contribution in [0.2, 0.25) is 0 Å². The Morgan fingerprint density at radius 1 is 1.10 bits per heavy atom. The first-order valence-corrected chi connectivity index (χ1v) is 10.4. The van der Waals surface area contributed by atoms with Crippen LogP contribution in [0.4, 0.5) is 0 Å². The van der Waals surface area contributed by atoms with Crippen molar-refractivity contribution >= 4 is 22.7 Å². The van der Waals surface area contributed by atoms with Crippen molar-refractivity contribution in [2.24, 2.45) is 10.8 Å². The molecule has 4 rings (SSSR count). The van der Waals surface area contributed by atoms with Crippen molar-refractivity contribution in [3.8, 4) is 0 Å². The van der Waals surface area contributed by atoms with Gasteiger partial charge >= 0.3 is 5.97 Å². The normalized spacial score (nSPS) is 21.6. The average Bonchev–Trinajstić information content (AvgIpc) is 3.34. The highest BCUT2D eigenvalue weighted by Gasteiger charge is 2.52. The standard InChI is InChI=1S/C25H28N2O3/c1-24(2,3)23(29)30-22-25(12-14-27-22,16-17-7-5-4-6-8-17)21(28)19-9-10-20-18(15-19)11-13-26-20/h4-11,13,15,22,26-27H,12,14,16H2,1-3H3. The monoisotopic (exact) mass is 404 g/mol. The molecule has 156 valence electrons. The maximum Gasteiger partial charge on any atom is 0.312 e. The van der Waals surface area contributed by atoms with Crippen molar-refractivity contribution in [3.63, 3.8) is 0 Å². The molecule has 2 aromatic carbocycles. The van der Waals surface area contributed by atoms with Gasteiger partial charge in [-0.3, -0.25) is 14.9 Å². The molecule has 0 radical (unpaired) electrons. The summed E-state index contributed by atoms with van der Waals surface area (Å²) in [6.07, 6.45) is 2.31. The van der Waals surface area contributed by atoms with Gasteiger partial charge in [-0.25, -0.2) is 0 Å². The van der Waals surface area contributed by atoms with E-state index in [0.29, 0.717) is 24.9 Å². The molecule has 0 amide bonds. The highest BCUT2D eigenvalue weighted by atomic mass is 16.6. The molecule has 1 aliphatic heterocycles. The molecule has 1 fully saturated rings. The molecule has 5 nitrogen and oxygen atoms in total. The average molecular weight is 405 g/mol. The van der Waals surface area contributed by atoms with Gasteiger partial charge in [-0.05, 0) is 70.0 Å². The lowest BCUT2D eigenvalue weighted by Crippen LogP contribution is -2.48. The summed E-state index contributed by atoms with van der Waals surface area (Å²) < 4.78 is 5.90. The van der Waals surface area contributed by atoms with Gasteiger partial charge in [-0.2, -0.15) is 0 Å². The van der Waals surface area contributed by atoms with Gasteiger partial charge in [0.15, 0.2) is 12.0 Å². The Hall–Kier alpha value is -2.92. The summed E-state index contributed by atoms with van der Waals surface area (Å²) in [5, 5.41) is 4.27. The Balaban J connectivity index is 1.74. The molecule has 2 N–H and O–H groups in total. The largest absolute Gasteiger partial charge is 0.445 e. The Bertz CT molecular complexity index is 1060. The Morgan fingerprint density at radius 3 is 2.60 bits per heavy atom. The zero-order valence-electron chi connectivity index (χ0n) is 17.7. The van der Waals surface area contributed by atoms with Crippen LogP contribution in [0.1, 0.15) is 43.1 Å². The van der Waals surface area contributed by atoms with Gasteiger partial charge in [0.05, 0.1) is 10.8 Å². The fraction of sp³-hybridized carbons (Fsp3) is 0.360. The van der Waals surface area contributed by atoms with Gasteiger partial charge in [0, 0.05) is 22.7 Å². The topological polar surface area (TPSA) is 71.2 Å². The zero-order chi connectivity index (χ0) is 21.4. The first-order chi connectivity index (χ1) is 14.3. The van der Waals surface area contributed by atoms with E-state index in [4.69, 9.17) is 4.74 Å². The minimum absolute atomic E-state index is 0.00571. The third kappa shape index (κ3) is 3.77. The number of Topliss-reactive ketones (excluding diaryl/α,β-unsaturated/α-hetero) is 1. The van der Waals surface area contributed by atoms with E-state index in [1.165, 1.54) is 0 Å². The maximum absolute atomic E-state index is 13.9. The predicted octanol–water partition coefficient (Wildman–Crippen LogP) is 4.49. The number of carbonyl (C=O) groups is 2. The number of aromatic nitrogens is 1. The molecular weight excluding hydrogens is 376 g/mol. The van der Waals surface area contributed by atoms with Crippen molar-refractivity contribution in [2.45, 2.75) is 39.8 Å². The molecular formula is C25H28N2O3. The van der Waals surface area contributed by atoms with Crippen LogP contribution in [-0.2, 0) is 16.0 Å². The van der Waals surface area contributed by atoms with E-state index in [1.54, 1.807) is 0 Å². The Labute approximate surface area is 176 Å². The first kappa shape index (κ1) is 20.4. The maximum atomic E-state index is 13.9. The summed E-state index contributed by atoms with van der Waals surface area (Å²) in [6.45, 7) is 6.09. The summed E-state index contributed by atoms with van der Waals surface area (Å²) in [4.78, 5) is 29.8. The summed E-state index contributed by atoms with van der Waals surface area (Å²) >= 11 is 0. The van der Waals surface area contributed by atoms with Gasteiger partial charge in [0.1, 0.15) is 0 Å². The fourth-order valence-electron chi connectivity index (χ4n) is 4.13. The quantitative estimate of drug-likeness (QED) is 0.486. The number of fused-ring (bicyclic) bond motifs is 1. The fourth-order valence-corrected chi connectivity index (χ4v) is 4.13. The third-order valence-corrected chi connectivity index (χ3v) is 5.87. The predicted molar refractivity (Wildman–Crippen MR) is 117 cm³/mol. The van der Waals surface area contributed by atoms with Crippen LogP contribution in [0, 0.1) is 10.8 Å². The van der Waals surface area contributed by atoms with Gasteiger partial charge in [0.2, 0.25) is 0 Å². The van der Waals surface area contributed by atoms with Crippen LogP contribution in [0.25, 0.3) is 10.9 Å². The van der Waals surface area contributed by atoms with E-state index >= 15 is 0 Å². The second kappa shape index (κ2) is 7.73.